The number of halogens is 2. The molecule has 0 fully saturated rings. The predicted octanol–water partition coefficient (Wildman–Crippen LogP) is 1.09. The number of aromatic amines is 1. The number of hydrogen-bond acceptors (Lipinski definition) is 3. The van der Waals surface area contributed by atoms with Gasteiger partial charge in [0.05, 0.1) is 11.1 Å². The number of imidazole rings is 1. The van der Waals surface area contributed by atoms with Crippen LogP contribution < -0.4 is 5.73 Å². The van der Waals surface area contributed by atoms with E-state index in [1.807, 2.05) is 0 Å². The van der Waals surface area contributed by atoms with Gasteiger partial charge < -0.3 is 15.8 Å². The predicted molar refractivity (Wildman–Crippen MR) is 59.4 cm³/mol. The van der Waals surface area contributed by atoms with Gasteiger partial charge in [-0.2, -0.15) is 0 Å². The Kier molecular flexibility index (Phi) is 2.84. The number of nitrogens with two attached hydrogens (primary N) is 1. The van der Waals surface area contributed by atoms with Crippen molar-refractivity contribution in [3.8, 4) is 0 Å². The quantitative estimate of drug-likeness (QED) is 0.753. The minimum Gasteiger partial charge on any atom is -0.388 e. The van der Waals surface area contributed by atoms with Gasteiger partial charge in [0.1, 0.15) is 11.3 Å². The molecule has 2 aromatic rings. The lowest BCUT2D eigenvalue weighted by Crippen LogP contribution is -2.36. The summed E-state index contributed by atoms with van der Waals surface area (Å²) in [5.74, 6) is -1.56. The molecule has 4 nitrogen and oxygen atoms in total. The fourth-order valence-electron chi connectivity index (χ4n) is 1.59. The number of fused-ring (bicyclic) bond motifs is 1. The van der Waals surface area contributed by atoms with E-state index in [1.165, 1.54) is 6.07 Å². The van der Waals surface area contributed by atoms with Crippen molar-refractivity contribution in [2.45, 2.75) is 18.9 Å². The number of benzene rings is 1. The van der Waals surface area contributed by atoms with Gasteiger partial charge in [-0.25, -0.2) is 13.8 Å². The van der Waals surface area contributed by atoms with Crippen molar-refractivity contribution in [3.05, 3.63) is 29.6 Å². The molecule has 6 heteroatoms. The molecule has 0 saturated carbocycles. The number of aromatic nitrogens is 2. The van der Waals surface area contributed by atoms with Gasteiger partial charge in [0.25, 0.3) is 0 Å². The highest BCUT2D eigenvalue weighted by atomic mass is 19.2. The Morgan fingerprint density at radius 1 is 1.47 bits per heavy atom. The lowest BCUT2D eigenvalue weighted by atomic mass is 10.0. The number of hydrogen-bond donors (Lipinski definition) is 3. The van der Waals surface area contributed by atoms with E-state index in [4.69, 9.17) is 5.73 Å². The van der Waals surface area contributed by atoms with Crippen LogP contribution in [0.4, 0.5) is 8.78 Å². The second-order valence-corrected chi connectivity index (χ2v) is 4.32. The maximum absolute atomic E-state index is 13.4. The van der Waals surface area contributed by atoms with Gasteiger partial charge in [-0.1, -0.05) is 0 Å². The van der Waals surface area contributed by atoms with Crippen LogP contribution >= 0.6 is 0 Å². The average Bonchev–Trinajstić information content (AvgIpc) is 2.66. The van der Waals surface area contributed by atoms with E-state index in [2.05, 4.69) is 9.97 Å². The molecular weight excluding hydrogens is 228 g/mol. The molecule has 1 heterocycles. The van der Waals surface area contributed by atoms with Crippen molar-refractivity contribution in [2.24, 2.45) is 5.73 Å². The summed E-state index contributed by atoms with van der Waals surface area (Å²) in [4.78, 5) is 6.74. The zero-order chi connectivity index (χ0) is 12.6. The highest BCUT2D eigenvalue weighted by molar-refractivity contribution is 5.75. The standard InChI is InChI=1S/C11H13F2N3O/c1-11(17,5-14)4-8-15-7-3-2-6(12)9(13)10(7)16-8/h2-3,17H,4-5,14H2,1H3,(H,15,16). The molecule has 0 bridgehead atoms. The van der Waals surface area contributed by atoms with Crippen LogP contribution in [0.2, 0.25) is 0 Å². The zero-order valence-electron chi connectivity index (χ0n) is 9.30. The molecule has 1 aromatic carbocycles. The van der Waals surface area contributed by atoms with E-state index < -0.39 is 17.2 Å². The molecule has 0 amide bonds. The van der Waals surface area contributed by atoms with Gasteiger partial charge in [-0.15, -0.1) is 0 Å². The molecule has 0 radical (unpaired) electrons. The van der Waals surface area contributed by atoms with Crippen LogP contribution in [0.5, 0.6) is 0 Å². The largest absolute Gasteiger partial charge is 0.388 e. The number of nitrogens with zero attached hydrogens (tertiary/aromatic N) is 1. The third kappa shape index (κ3) is 2.27. The van der Waals surface area contributed by atoms with Crippen LogP contribution in [-0.2, 0) is 6.42 Å². The Morgan fingerprint density at radius 3 is 2.82 bits per heavy atom. The third-order valence-electron chi connectivity index (χ3n) is 2.58. The molecule has 2 rings (SSSR count). The van der Waals surface area contributed by atoms with Crippen molar-refractivity contribution in [1.82, 2.24) is 9.97 Å². The first-order valence-corrected chi connectivity index (χ1v) is 5.18. The highest BCUT2D eigenvalue weighted by Crippen LogP contribution is 2.19. The van der Waals surface area contributed by atoms with Crippen molar-refractivity contribution in [2.75, 3.05) is 6.54 Å². The SMILES string of the molecule is CC(O)(CN)Cc1nc2c(F)c(F)ccc2[nH]1. The molecule has 17 heavy (non-hydrogen) atoms. The third-order valence-corrected chi connectivity index (χ3v) is 2.58. The Hall–Kier alpha value is -1.53. The molecule has 1 unspecified atom stereocenters. The zero-order valence-corrected chi connectivity index (χ0v) is 9.30. The van der Waals surface area contributed by atoms with E-state index in [-0.39, 0.29) is 18.5 Å². The topological polar surface area (TPSA) is 74.9 Å². The fourth-order valence-corrected chi connectivity index (χ4v) is 1.59. The second kappa shape index (κ2) is 4.05. The van der Waals surface area contributed by atoms with E-state index in [1.54, 1.807) is 6.92 Å². The monoisotopic (exact) mass is 241 g/mol. The summed E-state index contributed by atoms with van der Waals surface area (Å²) in [5.41, 5.74) is 4.59. The first-order chi connectivity index (χ1) is 7.93. The van der Waals surface area contributed by atoms with Crippen LogP contribution in [0, 0.1) is 11.6 Å². The van der Waals surface area contributed by atoms with Crippen LogP contribution in [0.15, 0.2) is 12.1 Å². The van der Waals surface area contributed by atoms with Gasteiger partial charge in [0.2, 0.25) is 0 Å². The lowest BCUT2D eigenvalue weighted by Gasteiger charge is -2.18. The van der Waals surface area contributed by atoms with E-state index >= 15 is 0 Å². The van der Waals surface area contributed by atoms with Gasteiger partial charge in [-0.3, -0.25) is 0 Å². The van der Waals surface area contributed by atoms with Crippen molar-refractivity contribution < 1.29 is 13.9 Å². The maximum Gasteiger partial charge on any atom is 0.186 e. The molecule has 1 aromatic heterocycles. The van der Waals surface area contributed by atoms with Crippen molar-refractivity contribution in [1.29, 1.82) is 0 Å². The van der Waals surface area contributed by atoms with Crippen LogP contribution in [-0.4, -0.2) is 27.2 Å². The summed E-state index contributed by atoms with van der Waals surface area (Å²) in [6.07, 6.45) is 0.152. The Labute approximate surface area is 96.5 Å². The second-order valence-electron chi connectivity index (χ2n) is 4.32. The molecule has 4 N–H and O–H groups in total. The van der Waals surface area contributed by atoms with E-state index in [0.29, 0.717) is 11.3 Å². The molecule has 92 valence electrons. The van der Waals surface area contributed by atoms with Crippen LogP contribution in [0.1, 0.15) is 12.7 Å². The fraction of sp³-hybridized carbons (Fsp3) is 0.364. The number of nitrogens with one attached hydrogen (secondary N) is 1. The molecule has 1 atom stereocenters. The Morgan fingerprint density at radius 2 is 2.18 bits per heavy atom. The molecule has 0 spiro atoms. The van der Waals surface area contributed by atoms with E-state index in [0.717, 1.165) is 6.07 Å². The van der Waals surface area contributed by atoms with E-state index in [9.17, 15) is 13.9 Å². The lowest BCUT2D eigenvalue weighted by molar-refractivity contribution is 0.0678. The molecule has 0 saturated heterocycles. The molecule has 0 aliphatic carbocycles. The summed E-state index contributed by atoms with van der Waals surface area (Å²) in [7, 11) is 0. The highest BCUT2D eigenvalue weighted by Gasteiger charge is 2.21. The molecular formula is C11H13F2N3O. The normalized spacial score (nSPS) is 15.1. The van der Waals surface area contributed by atoms with Crippen LogP contribution in [0.3, 0.4) is 0 Å². The number of rotatable bonds is 3. The Bertz CT molecular complexity index is 551. The first-order valence-electron chi connectivity index (χ1n) is 5.18. The smallest absolute Gasteiger partial charge is 0.186 e. The van der Waals surface area contributed by atoms with Crippen molar-refractivity contribution in [3.63, 3.8) is 0 Å². The summed E-state index contributed by atoms with van der Waals surface area (Å²) >= 11 is 0. The first kappa shape index (κ1) is 11.9. The summed E-state index contributed by atoms with van der Waals surface area (Å²) in [6, 6.07) is 2.43. The van der Waals surface area contributed by atoms with Gasteiger partial charge in [0.15, 0.2) is 11.6 Å². The van der Waals surface area contributed by atoms with Gasteiger partial charge in [0, 0.05) is 13.0 Å². The van der Waals surface area contributed by atoms with Gasteiger partial charge in [-0.05, 0) is 19.1 Å². The summed E-state index contributed by atoms with van der Waals surface area (Å²) < 4.78 is 26.3. The number of aliphatic hydroxyl groups is 1. The molecule has 0 aliphatic rings. The Balaban J connectivity index is 2.42. The van der Waals surface area contributed by atoms with Crippen molar-refractivity contribution >= 4 is 11.0 Å². The van der Waals surface area contributed by atoms with Crippen LogP contribution in [0.25, 0.3) is 11.0 Å². The molecule has 0 aliphatic heterocycles. The summed E-state index contributed by atoms with van der Waals surface area (Å²) in [6.45, 7) is 1.61. The average molecular weight is 241 g/mol. The maximum atomic E-state index is 13.4. The summed E-state index contributed by atoms with van der Waals surface area (Å²) in [5, 5.41) is 9.77. The number of H-pyrrole nitrogens is 1. The minimum absolute atomic E-state index is 0.0564. The minimum atomic E-state index is -1.12. The van der Waals surface area contributed by atoms with Gasteiger partial charge >= 0.3 is 0 Å².